The maximum Gasteiger partial charge on any atom is 0.254 e. The molecular weight excluding hydrogens is 349 g/mol. The van der Waals surface area contributed by atoms with Crippen LogP contribution in [-0.2, 0) is 13.6 Å². The third-order valence-corrected chi connectivity index (χ3v) is 4.47. The molecule has 7 nitrogen and oxygen atoms in total. The Morgan fingerprint density at radius 1 is 1.37 bits per heavy atom. The Balaban J connectivity index is 1.56. The van der Waals surface area contributed by atoms with E-state index in [0.29, 0.717) is 25.4 Å². The van der Waals surface area contributed by atoms with E-state index in [-0.39, 0.29) is 17.4 Å². The van der Waals surface area contributed by atoms with E-state index < -0.39 is 5.95 Å². The molecule has 0 aliphatic carbocycles. The highest BCUT2D eigenvalue weighted by Crippen LogP contribution is 2.29. The third kappa shape index (κ3) is 3.64. The molecule has 0 fully saturated rings. The molecule has 0 radical (unpaired) electrons. The largest absolute Gasteiger partial charge is 0.491 e. The van der Waals surface area contributed by atoms with Gasteiger partial charge in [-0.25, -0.2) is 4.98 Å². The van der Waals surface area contributed by atoms with Crippen molar-refractivity contribution in [1.82, 2.24) is 24.6 Å². The van der Waals surface area contributed by atoms with Gasteiger partial charge in [-0.3, -0.25) is 14.5 Å². The smallest absolute Gasteiger partial charge is 0.254 e. The summed E-state index contributed by atoms with van der Waals surface area (Å²) in [6, 6.07) is 6.31. The minimum atomic E-state index is -0.670. The van der Waals surface area contributed by atoms with Crippen LogP contribution >= 0.6 is 0 Å². The Morgan fingerprint density at radius 2 is 2.26 bits per heavy atom. The van der Waals surface area contributed by atoms with E-state index in [9.17, 15) is 9.18 Å². The molecule has 3 aromatic rings. The quantitative estimate of drug-likeness (QED) is 0.661. The predicted octanol–water partition coefficient (Wildman–Crippen LogP) is 2.17. The molecule has 1 aliphatic heterocycles. The first-order chi connectivity index (χ1) is 13.1. The van der Waals surface area contributed by atoms with E-state index in [1.807, 2.05) is 19.3 Å². The third-order valence-electron chi connectivity index (χ3n) is 4.47. The second-order valence-corrected chi connectivity index (χ2v) is 6.46. The Kier molecular flexibility index (Phi) is 4.53. The second-order valence-electron chi connectivity index (χ2n) is 6.46. The zero-order valence-corrected chi connectivity index (χ0v) is 14.7. The number of carbonyl (C=O) groups excluding carboxylic acids is 1. The summed E-state index contributed by atoms with van der Waals surface area (Å²) in [5.74, 6) is -0.339. The van der Waals surface area contributed by atoms with E-state index in [1.54, 1.807) is 28.0 Å². The fourth-order valence-corrected chi connectivity index (χ4v) is 3.28. The minimum absolute atomic E-state index is 0.0919. The van der Waals surface area contributed by atoms with E-state index in [1.165, 1.54) is 12.3 Å². The lowest BCUT2D eigenvalue weighted by Crippen LogP contribution is -2.39. The van der Waals surface area contributed by atoms with Gasteiger partial charge in [0.2, 0.25) is 5.95 Å². The summed E-state index contributed by atoms with van der Waals surface area (Å²) in [5, 5.41) is 4.54. The van der Waals surface area contributed by atoms with E-state index in [4.69, 9.17) is 4.74 Å². The van der Waals surface area contributed by atoms with Crippen LogP contribution in [-0.4, -0.2) is 43.7 Å². The van der Waals surface area contributed by atoms with Crippen molar-refractivity contribution in [2.24, 2.45) is 7.05 Å². The van der Waals surface area contributed by atoms with Gasteiger partial charge in [0.05, 0.1) is 24.4 Å². The fourth-order valence-electron chi connectivity index (χ4n) is 3.28. The molecular formula is C19H18FN5O2. The number of fused-ring (bicyclic) bond motifs is 1. The van der Waals surface area contributed by atoms with Crippen LogP contribution in [0.3, 0.4) is 0 Å². The molecule has 1 amide bonds. The number of hydrogen-bond donors (Lipinski definition) is 0. The lowest BCUT2D eigenvalue weighted by atomic mass is 9.96. The highest BCUT2D eigenvalue weighted by Gasteiger charge is 2.32. The molecule has 0 spiro atoms. The molecule has 0 bridgehead atoms. The van der Waals surface area contributed by atoms with Crippen molar-refractivity contribution in [2.75, 3.05) is 13.2 Å². The number of rotatable bonds is 4. The Labute approximate surface area is 155 Å². The van der Waals surface area contributed by atoms with Crippen LogP contribution in [0.5, 0.6) is 5.75 Å². The molecule has 0 saturated carbocycles. The van der Waals surface area contributed by atoms with Gasteiger partial charge in [0.25, 0.3) is 5.91 Å². The van der Waals surface area contributed by atoms with Crippen LogP contribution < -0.4 is 4.74 Å². The highest BCUT2D eigenvalue weighted by atomic mass is 19.1. The van der Waals surface area contributed by atoms with Gasteiger partial charge >= 0.3 is 0 Å². The average molecular weight is 367 g/mol. The van der Waals surface area contributed by atoms with Gasteiger partial charge in [0.15, 0.2) is 0 Å². The van der Waals surface area contributed by atoms with E-state index in [2.05, 4.69) is 15.1 Å². The molecule has 0 aromatic carbocycles. The molecule has 1 aliphatic rings. The van der Waals surface area contributed by atoms with Crippen LogP contribution in [0.1, 0.15) is 27.5 Å². The van der Waals surface area contributed by atoms with Crippen LogP contribution in [0.15, 0.2) is 49.1 Å². The van der Waals surface area contributed by atoms with Crippen LogP contribution in [0.25, 0.3) is 0 Å². The molecule has 27 heavy (non-hydrogen) atoms. The van der Waals surface area contributed by atoms with Crippen molar-refractivity contribution < 1.29 is 13.9 Å². The van der Waals surface area contributed by atoms with Crippen molar-refractivity contribution in [3.05, 3.63) is 71.8 Å². The zero-order chi connectivity index (χ0) is 18.8. The number of aromatic nitrogens is 4. The van der Waals surface area contributed by atoms with Crippen LogP contribution in [0, 0.1) is 5.95 Å². The van der Waals surface area contributed by atoms with Gasteiger partial charge in [-0.1, -0.05) is 0 Å². The summed E-state index contributed by atoms with van der Waals surface area (Å²) in [7, 11) is 1.85. The van der Waals surface area contributed by atoms with Gasteiger partial charge in [-0.15, -0.1) is 0 Å². The van der Waals surface area contributed by atoms with Gasteiger partial charge in [0.1, 0.15) is 5.75 Å². The Morgan fingerprint density at radius 3 is 3.04 bits per heavy atom. The first-order valence-corrected chi connectivity index (χ1v) is 8.56. The van der Waals surface area contributed by atoms with E-state index >= 15 is 0 Å². The van der Waals surface area contributed by atoms with Crippen LogP contribution in [0.4, 0.5) is 4.39 Å². The normalized spacial score (nSPS) is 16.1. The minimum Gasteiger partial charge on any atom is -0.491 e. The molecule has 0 saturated heterocycles. The molecule has 4 heterocycles. The Bertz CT molecular complexity index is 960. The first-order valence-electron chi connectivity index (χ1n) is 8.56. The fraction of sp³-hybridized carbons (Fsp3) is 0.263. The maximum atomic E-state index is 13.4. The van der Waals surface area contributed by atoms with Gasteiger partial charge in [-0.2, -0.15) is 9.49 Å². The van der Waals surface area contributed by atoms with Crippen molar-refractivity contribution >= 4 is 5.91 Å². The van der Waals surface area contributed by atoms with Gasteiger partial charge in [0, 0.05) is 55.9 Å². The number of carbonyl (C=O) groups is 1. The van der Waals surface area contributed by atoms with Crippen molar-refractivity contribution in [3.63, 3.8) is 0 Å². The molecule has 0 N–H and O–H groups in total. The summed E-state index contributed by atoms with van der Waals surface area (Å²) in [5.41, 5.74) is 2.17. The van der Waals surface area contributed by atoms with Crippen molar-refractivity contribution in [1.29, 1.82) is 0 Å². The standard InChI is InChI=1S/C19H18FN5O2/c1-24-9-14-10-25(19(26)13-4-6-22-17(20)7-13)11-15(18(14)23-24)12-27-16-3-2-5-21-8-16/h2-9,15H,10-12H2,1H3. The number of pyridine rings is 2. The van der Waals surface area contributed by atoms with E-state index in [0.717, 1.165) is 17.3 Å². The summed E-state index contributed by atoms with van der Waals surface area (Å²) in [6.07, 6.45) is 6.52. The SMILES string of the molecule is Cn1cc2c(n1)C(COc1cccnc1)CN(C(=O)c1ccnc(F)c1)C2. The summed E-state index contributed by atoms with van der Waals surface area (Å²) < 4.78 is 21.0. The first kappa shape index (κ1) is 17.1. The predicted molar refractivity (Wildman–Crippen MR) is 94.6 cm³/mol. The zero-order valence-electron chi connectivity index (χ0n) is 14.7. The molecule has 8 heteroatoms. The number of nitrogens with zero attached hydrogens (tertiary/aromatic N) is 5. The maximum absolute atomic E-state index is 13.4. The molecule has 138 valence electrons. The highest BCUT2D eigenvalue weighted by molar-refractivity contribution is 5.94. The molecule has 3 aromatic heterocycles. The summed E-state index contributed by atoms with van der Waals surface area (Å²) in [6.45, 7) is 1.23. The monoisotopic (exact) mass is 367 g/mol. The number of aryl methyl sites for hydroxylation is 1. The van der Waals surface area contributed by atoms with Crippen LogP contribution in [0.2, 0.25) is 0 Å². The van der Waals surface area contributed by atoms with Gasteiger partial charge < -0.3 is 9.64 Å². The van der Waals surface area contributed by atoms with Crippen molar-refractivity contribution in [3.8, 4) is 5.75 Å². The molecule has 1 atom stereocenters. The molecule has 4 rings (SSSR count). The average Bonchev–Trinajstić information content (AvgIpc) is 3.06. The summed E-state index contributed by atoms with van der Waals surface area (Å²) >= 11 is 0. The topological polar surface area (TPSA) is 73.1 Å². The second kappa shape index (κ2) is 7.14. The lowest BCUT2D eigenvalue weighted by molar-refractivity contribution is 0.0700. The van der Waals surface area contributed by atoms with Crippen molar-refractivity contribution in [2.45, 2.75) is 12.5 Å². The number of amides is 1. The number of hydrogen-bond acceptors (Lipinski definition) is 5. The lowest BCUT2D eigenvalue weighted by Gasteiger charge is -2.32. The number of halogens is 1. The number of ether oxygens (including phenoxy) is 1. The Hall–Kier alpha value is -3.29. The molecule has 1 unspecified atom stereocenters. The summed E-state index contributed by atoms with van der Waals surface area (Å²) in [4.78, 5) is 22.1. The van der Waals surface area contributed by atoms with Gasteiger partial charge in [-0.05, 0) is 18.2 Å².